The molecule has 0 aliphatic carbocycles. The maximum atomic E-state index is 6.39. The van der Waals surface area contributed by atoms with E-state index in [1.54, 1.807) is 6.20 Å². The number of nitrogens with zero attached hydrogens (tertiary/aromatic N) is 4. The molecule has 0 aliphatic rings. The molecule has 0 saturated heterocycles. The predicted octanol–water partition coefficient (Wildman–Crippen LogP) is 12.0. The number of furan rings is 2. The van der Waals surface area contributed by atoms with E-state index in [9.17, 15) is 0 Å². The fourth-order valence-corrected chi connectivity index (χ4v) is 7.64. The summed E-state index contributed by atoms with van der Waals surface area (Å²) in [5, 5.41) is 8.51. The minimum atomic E-state index is 0.584. The van der Waals surface area contributed by atoms with Crippen LogP contribution in [0.15, 0.2) is 167 Å². The lowest BCUT2D eigenvalue weighted by Gasteiger charge is -2.13. The van der Waals surface area contributed by atoms with Gasteiger partial charge in [0, 0.05) is 50.0 Å². The summed E-state index contributed by atoms with van der Waals surface area (Å²) in [5.41, 5.74) is 7.99. The standard InChI is InChI=1S/C46H26N4O2/c1-2-11-27(12-3-1)44-48-45(50-46(49-44)35-18-10-20-39-42(35)34-17-8-9-19-38(34)51-39)33-22-21-32(30-15-6-7-16-31(30)33)37-25-47-26-41-43(37)36-23-28-13-4-5-14-29(28)24-40(36)52-41/h1-26H. The summed E-state index contributed by atoms with van der Waals surface area (Å²) >= 11 is 0. The van der Waals surface area contributed by atoms with Crippen LogP contribution in [0.4, 0.5) is 0 Å². The van der Waals surface area contributed by atoms with E-state index in [4.69, 9.17) is 23.8 Å². The summed E-state index contributed by atoms with van der Waals surface area (Å²) in [7, 11) is 0. The molecule has 0 bridgehead atoms. The second kappa shape index (κ2) is 11.2. The lowest BCUT2D eigenvalue weighted by Crippen LogP contribution is -2.01. The van der Waals surface area contributed by atoms with Crippen LogP contribution in [0.2, 0.25) is 0 Å². The Kier molecular flexibility index (Phi) is 6.15. The van der Waals surface area contributed by atoms with Gasteiger partial charge in [-0.05, 0) is 57.4 Å². The van der Waals surface area contributed by atoms with Gasteiger partial charge in [-0.3, -0.25) is 4.98 Å². The molecule has 0 amide bonds. The number of hydrogen-bond donors (Lipinski definition) is 0. The number of fused-ring (bicyclic) bond motifs is 8. The highest BCUT2D eigenvalue weighted by Crippen LogP contribution is 2.42. The largest absolute Gasteiger partial charge is 0.456 e. The van der Waals surface area contributed by atoms with Gasteiger partial charge in [-0.15, -0.1) is 0 Å². The molecule has 0 aliphatic heterocycles. The van der Waals surface area contributed by atoms with Gasteiger partial charge < -0.3 is 8.83 Å². The number of aromatic nitrogens is 4. The van der Waals surface area contributed by atoms with Crippen LogP contribution in [0.1, 0.15) is 0 Å². The first-order valence-corrected chi connectivity index (χ1v) is 17.2. The molecule has 0 unspecified atom stereocenters. The minimum Gasteiger partial charge on any atom is -0.456 e. The highest BCUT2D eigenvalue weighted by Gasteiger charge is 2.21. The number of hydrogen-bond acceptors (Lipinski definition) is 6. The molecule has 4 heterocycles. The second-order valence-electron chi connectivity index (χ2n) is 13.0. The van der Waals surface area contributed by atoms with Gasteiger partial charge in [0.05, 0.1) is 6.20 Å². The molecular formula is C46H26N4O2. The Hall–Kier alpha value is -7.18. The number of benzene rings is 7. The maximum absolute atomic E-state index is 6.39. The third-order valence-corrected chi connectivity index (χ3v) is 10.0. The molecule has 4 aromatic heterocycles. The molecule has 0 atom stereocenters. The number of para-hydroxylation sites is 1. The molecule has 7 aromatic carbocycles. The van der Waals surface area contributed by atoms with Gasteiger partial charge in [-0.2, -0.15) is 0 Å². The lowest BCUT2D eigenvalue weighted by molar-refractivity contribution is 0.667. The molecule has 11 aromatic rings. The smallest absolute Gasteiger partial charge is 0.164 e. The molecule has 0 fully saturated rings. The van der Waals surface area contributed by atoms with Crippen molar-refractivity contribution in [1.29, 1.82) is 0 Å². The molecule has 0 N–H and O–H groups in total. The fourth-order valence-electron chi connectivity index (χ4n) is 7.64. The first kappa shape index (κ1) is 28.6. The highest BCUT2D eigenvalue weighted by atomic mass is 16.3. The van der Waals surface area contributed by atoms with Gasteiger partial charge in [-0.25, -0.2) is 15.0 Å². The molecule has 6 nitrogen and oxygen atoms in total. The molecular weight excluding hydrogens is 641 g/mol. The molecule has 242 valence electrons. The average molecular weight is 667 g/mol. The fraction of sp³-hybridized carbons (Fsp3) is 0. The van der Waals surface area contributed by atoms with E-state index in [2.05, 4.69) is 89.9 Å². The summed E-state index contributed by atoms with van der Waals surface area (Å²) in [6, 6.07) is 49.6. The first-order valence-electron chi connectivity index (χ1n) is 17.2. The zero-order valence-corrected chi connectivity index (χ0v) is 27.6. The van der Waals surface area contributed by atoms with Crippen molar-refractivity contribution in [2.75, 3.05) is 0 Å². The van der Waals surface area contributed by atoms with Crippen LogP contribution in [0.5, 0.6) is 0 Å². The van der Waals surface area contributed by atoms with Crippen LogP contribution < -0.4 is 0 Å². The Labute approximate surface area is 296 Å². The Morgan fingerprint density at radius 1 is 0.346 bits per heavy atom. The predicted molar refractivity (Wildman–Crippen MR) is 209 cm³/mol. The van der Waals surface area contributed by atoms with Gasteiger partial charge in [0.25, 0.3) is 0 Å². The Morgan fingerprint density at radius 3 is 1.81 bits per heavy atom. The zero-order chi connectivity index (χ0) is 34.2. The lowest BCUT2D eigenvalue weighted by atomic mass is 9.93. The summed E-state index contributed by atoms with van der Waals surface area (Å²) in [6.45, 7) is 0. The third-order valence-electron chi connectivity index (χ3n) is 10.0. The van der Waals surface area contributed by atoms with E-state index >= 15 is 0 Å². The molecule has 6 heteroatoms. The van der Waals surface area contributed by atoms with Crippen molar-refractivity contribution < 1.29 is 8.83 Å². The Balaban J connectivity index is 1.15. The quantitative estimate of drug-likeness (QED) is 0.186. The van der Waals surface area contributed by atoms with Crippen LogP contribution >= 0.6 is 0 Å². The summed E-state index contributed by atoms with van der Waals surface area (Å²) in [5.74, 6) is 1.78. The molecule has 11 rings (SSSR count). The molecule has 52 heavy (non-hydrogen) atoms. The van der Waals surface area contributed by atoms with E-state index in [-0.39, 0.29) is 0 Å². The summed E-state index contributed by atoms with van der Waals surface area (Å²) in [4.78, 5) is 20.0. The second-order valence-corrected chi connectivity index (χ2v) is 13.0. The van der Waals surface area contributed by atoms with Crippen molar-refractivity contribution in [1.82, 2.24) is 19.9 Å². The van der Waals surface area contributed by atoms with Gasteiger partial charge in [-0.1, -0.05) is 115 Å². The SMILES string of the molecule is c1ccc(-c2nc(-c3ccc(-c4cncc5oc6cc7ccccc7cc6c45)c4ccccc34)nc(-c3cccc4oc5ccccc5c34)n2)cc1. The van der Waals surface area contributed by atoms with Crippen LogP contribution in [-0.2, 0) is 0 Å². The first-order chi connectivity index (χ1) is 25.8. The van der Waals surface area contributed by atoms with Crippen molar-refractivity contribution in [3.8, 4) is 45.3 Å². The van der Waals surface area contributed by atoms with Gasteiger partial charge in [0.1, 0.15) is 16.7 Å². The normalized spacial score (nSPS) is 11.8. The van der Waals surface area contributed by atoms with Crippen molar-refractivity contribution >= 4 is 65.4 Å². The van der Waals surface area contributed by atoms with E-state index in [0.29, 0.717) is 17.5 Å². The average Bonchev–Trinajstić information content (AvgIpc) is 3.78. The van der Waals surface area contributed by atoms with Gasteiger partial charge >= 0.3 is 0 Å². The third kappa shape index (κ3) is 4.38. The van der Waals surface area contributed by atoms with E-state index in [0.717, 1.165) is 87.9 Å². The Bertz CT molecular complexity index is 3200. The topological polar surface area (TPSA) is 77.8 Å². The summed E-state index contributed by atoms with van der Waals surface area (Å²) < 4.78 is 12.6. The number of pyridine rings is 1. The minimum absolute atomic E-state index is 0.584. The zero-order valence-electron chi connectivity index (χ0n) is 27.6. The Morgan fingerprint density at radius 2 is 0.962 bits per heavy atom. The van der Waals surface area contributed by atoms with Crippen LogP contribution in [0.25, 0.3) is 111 Å². The molecule has 0 spiro atoms. The monoisotopic (exact) mass is 666 g/mol. The van der Waals surface area contributed by atoms with Crippen molar-refractivity contribution in [2.24, 2.45) is 0 Å². The van der Waals surface area contributed by atoms with E-state index in [1.807, 2.05) is 66.9 Å². The van der Waals surface area contributed by atoms with Crippen LogP contribution in [0.3, 0.4) is 0 Å². The highest BCUT2D eigenvalue weighted by molar-refractivity contribution is 6.18. The maximum Gasteiger partial charge on any atom is 0.164 e. The van der Waals surface area contributed by atoms with Crippen molar-refractivity contribution in [3.05, 3.63) is 158 Å². The van der Waals surface area contributed by atoms with Crippen LogP contribution in [0, 0.1) is 0 Å². The molecule has 0 radical (unpaired) electrons. The molecule has 0 saturated carbocycles. The van der Waals surface area contributed by atoms with E-state index in [1.165, 1.54) is 5.39 Å². The van der Waals surface area contributed by atoms with Crippen molar-refractivity contribution in [3.63, 3.8) is 0 Å². The van der Waals surface area contributed by atoms with Crippen molar-refractivity contribution in [2.45, 2.75) is 0 Å². The van der Waals surface area contributed by atoms with Gasteiger partial charge in [0.2, 0.25) is 0 Å². The van der Waals surface area contributed by atoms with E-state index < -0.39 is 0 Å². The van der Waals surface area contributed by atoms with Gasteiger partial charge in [0.15, 0.2) is 23.1 Å². The summed E-state index contributed by atoms with van der Waals surface area (Å²) in [6.07, 6.45) is 3.75. The van der Waals surface area contributed by atoms with Crippen LogP contribution in [-0.4, -0.2) is 19.9 Å². The number of rotatable bonds is 4.